The Morgan fingerprint density at radius 1 is 1.15 bits per heavy atom. The maximum Gasteiger partial charge on any atom is 0.339 e. The van der Waals surface area contributed by atoms with Crippen molar-refractivity contribution in [3.05, 3.63) is 69.2 Å². The average molecular weight is 331 g/mol. The Hall–Kier alpha value is -1.61. The summed E-state index contributed by atoms with van der Waals surface area (Å²) in [5, 5.41) is 0. The van der Waals surface area contributed by atoms with Crippen molar-refractivity contribution in [1.82, 2.24) is 0 Å². The first-order valence-corrected chi connectivity index (χ1v) is 7.55. The molecule has 2 aromatic carbocycles. The van der Waals surface area contributed by atoms with Gasteiger partial charge in [0.25, 0.3) is 0 Å². The minimum atomic E-state index is -0.222. The molecule has 3 heteroatoms. The van der Waals surface area contributed by atoms with Gasteiger partial charge in [-0.2, -0.15) is 0 Å². The Morgan fingerprint density at radius 3 is 2.65 bits per heavy atom. The predicted octanol–water partition coefficient (Wildman–Crippen LogP) is 4.47. The van der Waals surface area contributed by atoms with E-state index in [-0.39, 0.29) is 12.1 Å². The first-order valence-electron chi connectivity index (χ1n) is 6.76. The van der Waals surface area contributed by atoms with Gasteiger partial charge in [-0.15, -0.1) is 0 Å². The van der Waals surface area contributed by atoms with Crippen LogP contribution in [0, 0.1) is 0 Å². The molecule has 2 aromatic rings. The van der Waals surface area contributed by atoms with Crippen molar-refractivity contribution in [2.45, 2.75) is 25.9 Å². The van der Waals surface area contributed by atoms with E-state index in [0.717, 1.165) is 22.9 Å². The lowest BCUT2D eigenvalue weighted by Crippen LogP contribution is -2.04. The molecule has 102 valence electrons. The van der Waals surface area contributed by atoms with Crippen LogP contribution in [0.3, 0.4) is 0 Å². The minimum absolute atomic E-state index is 0.168. The summed E-state index contributed by atoms with van der Waals surface area (Å²) in [4.78, 5) is 11.9. The summed E-state index contributed by atoms with van der Waals surface area (Å²) in [5.74, 6) is -0.222. The van der Waals surface area contributed by atoms with Crippen molar-refractivity contribution in [3.8, 4) is 0 Å². The summed E-state index contributed by atoms with van der Waals surface area (Å²) in [6, 6.07) is 14.1. The normalized spacial score (nSPS) is 16.9. The monoisotopic (exact) mass is 330 g/mol. The molecule has 0 aliphatic carbocycles. The topological polar surface area (TPSA) is 26.3 Å². The number of cyclic esters (lactones) is 1. The Bertz CT molecular complexity index is 664. The number of rotatable bonds is 3. The molecular formula is C17H15BrO2. The quantitative estimate of drug-likeness (QED) is 0.776. The second-order valence-corrected chi connectivity index (χ2v) is 5.87. The van der Waals surface area contributed by atoms with E-state index in [2.05, 4.69) is 35.0 Å². The van der Waals surface area contributed by atoms with E-state index in [1.807, 2.05) is 30.3 Å². The molecular weight excluding hydrogens is 316 g/mol. The molecule has 3 rings (SSSR count). The Labute approximate surface area is 126 Å². The highest BCUT2D eigenvalue weighted by Gasteiger charge is 2.31. The van der Waals surface area contributed by atoms with E-state index in [0.29, 0.717) is 5.56 Å². The molecule has 0 aromatic heterocycles. The smallest absolute Gasteiger partial charge is 0.339 e. The van der Waals surface area contributed by atoms with Gasteiger partial charge < -0.3 is 4.74 Å². The van der Waals surface area contributed by atoms with Crippen molar-refractivity contribution in [2.75, 3.05) is 0 Å². The zero-order valence-corrected chi connectivity index (χ0v) is 12.8. The number of hydrogen-bond donors (Lipinski definition) is 0. The summed E-state index contributed by atoms with van der Waals surface area (Å²) in [5.41, 5.74) is 4.24. The lowest BCUT2D eigenvalue weighted by molar-refractivity contribution is 0.0386. The number of hydrogen-bond acceptors (Lipinski definition) is 2. The Kier molecular flexibility index (Phi) is 3.62. The highest BCUT2D eigenvalue weighted by atomic mass is 79.9. The first kappa shape index (κ1) is 13.4. The average Bonchev–Trinajstić information content (AvgIpc) is 2.75. The van der Waals surface area contributed by atoms with Crippen molar-refractivity contribution < 1.29 is 9.53 Å². The molecule has 2 nitrogen and oxygen atoms in total. The fourth-order valence-corrected chi connectivity index (χ4v) is 3.06. The third kappa shape index (κ3) is 2.38. The fraction of sp³-hybridized carbons (Fsp3) is 0.235. The molecule has 0 radical (unpaired) electrons. The summed E-state index contributed by atoms with van der Waals surface area (Å²) >= 11 is 3.39. The molecule has 1 aliphatic rings. The van der Waals surface area contributed by atoms with E-state index in [1.165, 1.54) is 11.1 Å². The van der Waals surface area contributed by atoms with Crippen LogP contribution in [0.4, 0.5) is 0 Å². The summed E-state index contributed by atoms with van der Waals surface area (Å²) in [6.07, 6.45) is 1.56. The van der Waals surface area contributed by atoms with Gasteiger partial charge in [-0.25, -0.2) is 4.79 Å². The summed E-state index contributed by atoms with van der Waals surface area (Å²) in [6.45, 7) is 2.14. The van der Waals surface area contributed by atoms with E-state index in [1.54, 1.807) is 0 Å². The number of halogens is 1. The van der Waals surface area contributed by atoms with Crippen LogP contribution in [-0.4, -0.2) is 5.97 Å². The molecule has 0 fully saturated rings. The van der Waals surface area contributed by atoms with Gasteiger partial charge in [-0.05, 0) is 29.7 Å². The van der Waals surface area contributed by atoms with Gasteiger partial charge in [0.2, 0.25) is 0 Å². The summed E-state index contributed by atoms with van der Waals surface area (Å²) in [7, 11) is 0. The van der Waals surface area contributed by atoms with Crippen molar-refractivity contribution >= 4 is 21.9 Å². The highest BCUT2D eigenvalue weighted by Crippen LogP contribution is 2.35. The number of benzene rings is 2. The molecule has 0 spiro atoms. The number of ether oxygens (including phenoxy) is 1. The lowest BCUT2D eigenvalue weighted by Gasteiger charge is -2.13. The van der Waals surface area contributed by atoms with Gasteiger partial charge in [0.15, 0.2) is 0 Å². The molecule has 0 amide bonds. The highest BCUT2D eigenvalue weighted by molar-refractivity contribution is 9.10. The molecule has 1 heterocycles. The zero-order chi connectivity index (χ0) is 14.1. The summed E-state index contributed by atoms with van der Waals surface area (Å²) < 4.78 is 6.44. The molecule has 0 N–H and O–H groups in total. The van der Waals surface area contributed by atoms with Crippen molar-refractivity contribution in [3.63, 3.8) is 0 Å². The molecule has 0 saturated heterocycles. The molecule has 0 saturated carbocycles. The van der Waals surface area contributed by atoms with Crippen LogP contribution in [0.25, 0.3) is 0 Å². The van der Waals surface area contributed by atoms with Crippen LogP contribution in [0.5, 0.6) is 0 Å². The zero-order valence-electron chi connectivity index (χ0n) is 11.2. The van der Waals surface area contributed by atoms with E-state index < -0.39 is 0 Å². The molecule has 1 unspecified atom stereocenters. The van der Waals surface area contributed by atoms with Gasteiger partial charge in [-0.1, -0.05) is 53.2 Å². The number of carbonyl (C=O) groups excluding carboxylic acids is 1. The molecule has 0 bridgehead atoms. The molecule has 1 atom stereocenters. The second kappa shape index (κ2) is 5.41. The van der Waals surface area contributed by atoms with E-state index in [9.17, 15) is 4.79 Å². The van der Waals surface area contributed by atoms with E-state index >= 15 is 0 Å². The van der Waals surface area contributed by atoms with Crippen molar-refractivity contribution in [2.24, 2.45) is 0 Å². The van der Waals surface area contributed by atoms with Gasteiger partial charge >= 0.3 is 5.97 Å². The van der Waals surface area contributed by atoms with Crippen LogP contribution in [0.2, 0.25) is 0 Å². The third-order valence-electron chi connectivity index (χ3n) is 3.74. The van der Waals surface area contributed by atoms with E-state index in [4.69, 9.17) is 4.74 Å². The molecule has 20 heavy (non-hydrogen) atoms. The van der Waals surface area contributed by atoms with Crippen LogP contribution < -0.4 is 0 Å². The number of esters is 1. The van der Waals surface area contributed by atoms with Gasteiger partial charge in [0.1, 0.15) is 6.10 Å². The Balaban J connectivity index is 1.93. The van der Waals surface area contributed by atoms with Crippen LogP contribution in [0.15, 0.2) is 46.9 Å². The SMILES string of the molecule is CCc1ccccc1CC1OC(=O)c2cc(Br)ccc21. The number of carbonyl (C=O) groups is 1. The van der Waals surface area contributed by atoms with Crippen LogP contribution in [-0.2, 0) is 17.6 Å². The largest absolute Gasteiger partial charge is 0.454 e. The number of fused-ring (bicyclic) bond motifs is 1. The van der Waals surface area contributed by atoms with Gasteiger partial charge in [0, 0.05) is 16.5 Å². The third-order valence-corrected chi connectivity index (χ3v) is 4.23. The predicted molar refractivity (Wildman–Crippen MR) is 81.8 cm³/mol. The standard InChI is InChI=1S/C17H15BrO2/c1-2-11-5-3-4-6-12(11)9-16-14-8-7-13(18)10-15(14)17(19)20-16/h3-8,10,16H,2,9H2,1H3. The fourth-order valence-electron chi connectivity index (χ4n) is 2.70. The lowest BCUT2D eigenvalue weighted by atomic mass is 9.95. The number of aryl methyl sites for hydroxylation is 1. The van der Waals surface area contributed by atoms with Gasteiger partial charge in [0.05, 0.1) is 5.56 Å². The maximum atomic E-state index is 11.9. The Morgan fingerprint density at radius 2 is 1.90 bits per heavy atom. The maximum absolute atomic E-state index is 11.9. The van der Waals surface area contributed by atoms with Gasteiger partial charge in [-0.3, -0.25) is 0 Å². The van der Waals surface area contributed by atoms with Crippen LogP contribution >= 0.6 is 15.9 Å². The molecule has 1 aliphatic heterocycles. The van der Waals surface area contributed by atoms with Crippen LogP contribution in [0.1, 0.15) is 40.1 Å². The minimum Gasteiger partial charge on any atom is -0.454 e. The first-order chi connectivity index (χ1) is 9.69. The second-order valence-electron chi connectivity index (χ2n) is 4.95. The van der Waals surface area contributed by atoms with Crippen molar-refractivity contribution in [1.29, 1.82) is 0 Å².